The molecular weight excluding hydrogens is 238 g/mol. The van der Waals surface area contributed by atoms with Crippen LogP contribution in [0.25, 0.3) is 16.9 Å². The van der Waals surface area contributed by atoms with Gasteiger partial charge in [0.25, 0.3) is 0 Å². The Morgan fingerprint density at radius 1 is 1.00 bits per heavy atom. The fourth-order valence-corrected chi connectivity index (χ4v) is 2.33. The first-order valence-corrected chi connectivity index (χ1v) is 6.19. The van der Waals surface area contributed by atoms with Crippen LogP contribution < -0.4 is 0 Å². The lowest BCUT2D eigenvalue weighted by molar-refractivity contribution is 0.455. The topological polar surface area (TPSA) is 50.9 Å². The zero-order valence-electron chi connectivity index (χ0n) is 11.2. The number of rotatable bonds is 1. The van der Waals surface area contributed by atoms with Crippen molar-refractivity contribution >= 4 is 11.2 Å². The molecule has 3 aromatic rings. The number of hydrogen-bond donors (Lipinski definition) is 1. The van der Waals surface area contributed by atoms with E-state index in [1.165, 1.54) is 11.1 Å². The van der Waals surface area contributed by atoms with E-state index in [9.17, 15) is 5.11 Å². The van der Waals surface area contributed by atoms with Crippen LogP contribution in [-0.2, 0) is 0 Å². The zero-order valence-corrected chi connectivity index (χ0v) is 11.2. The normalized spacial score (nSPS) is 11.1. The molecule has 0 bridgehead atoms. The fraction of sp³-hybridized carbons (Fsp3) is 0.200. The Labute approximate surface area is 111 Å². The van der Waals surface area contributed by atoms with Gasteiger partial charge in [-0.05, 0) is 44.0 Å². The average molecular weight is 253 g/mol. The average Bonchev–Trinajstić information content (AvgIpc) is 2.69. The van der Waals surface area contributed by atoms with E-state index in [0.717, 1.165) is 17.0 Å². The van der Waals surface area contributed by atoms with Crippen LogP contribution in [0.5, 0.6) is 5.88 Å². The van der Waals surface area contributed by atoms with Crippen LogP contribution in [0.3, 0.4) is 0 Å². The van der Waals surface area contributed by atoms with Crippen LogP contribution in [0.4, 0.5) is 0 Å². The highest BCUT2D eigenvalue weighted by Crippen LogP contribution is 2.25. The number of benzene rings is 1. The second-order valence-corrected chi connectivity index (χ2v) is 4.73. The summed E-state index contributed by atoms with van der Waals surface area (Å²) >= 11 is 0. The van der Waals surface area contributed by atoms with E-state index in [0.29, 0.717) is 5.65 Å². The number of imidazole rings is 1. The minimum Gasteiger partial charge on any atom is -0.493 e. The van der Waals surface area contributed by atoms with E-state index in [-0.39, 0.29) is 5.88 Å². The van der Waals surface area contributed by atoms with E-state index in [1.807, 2.05) is 23.6 Å². The van der Waals surface area contributed by atoms with Crippen molar-refractivity contribution in [3.63, 3.8) is 0 Å². The third-order valence-electron chi connectivity index (χ3n) is 3.47. The monoisotopic (exact) mass is 253 g/mol. The Bertz CT molecular complexity index is 774. The molecule has 1 aromatic carbocycles. The summed E-state index contributed by atoms with van der Waals surface area (Å²) in [4.78, 5) is 8.69. The first kappa shape index (κ1) is 11.7. The van der Waals surface area contributed by atoms with Crippen LogP contribution in [-0.4, -0.2) is 19.6 Å². The lowest BCUT2D eigenvalue weighted by atomic mass is 10.1. The molecular formula is C15H15N3O. The van der Waals surface area contributed by atoms with E-state index in [1.54, 1.807) is 12.1 Å². The van der Waals surface area contributed by atoms with Crippen molar-refractivity contribution in [3.8, 4) is 11.6 Å². The van der Waals surface area contributed by atoms with Gasteiger partial charge in [-0.15, -0.1) is 0 Å². The van der Waals surface area contributed by atoms with Crippen molar-refractivity contribution in [1.29, 1.82) is 0 Å². The maximum atomic E-state index is 9.58. The molecule has 0 aliphatic carbocycles. The second kappa shape index (κ2) is 4.09. The van der Waals surface area contributed by atoms with Gasteiger partial charge in [0.1, 0.15) is 11.3 Å². The van der Waals surface area contributed by atoms with Crippen LogP contribution >= 0.6 is 0 Å². The molecule has 0 aliphatic heterocycles. The van der Waals surface area contributed by atoms with Gasteiger partial charge in [-0.3, -0.25) is 4.57 Å². The molecule has 0 aliphatic rings. The maximum Gasteiger partial charge on any atom is 0.212 e. The molecule has 0 radical (unpaired) electrons. The number of pyridine rings is 1. The molecule has 2 aromatic heterocycles. The molecule has 96 valence electrons. The third kappa shape index (κ3) is 1.76. The molecule has 3 rings (SSSR count). The van der Waals surface area contributed by atoms with Gasteiger partial charge in [-0.25, -0.2) is 4.98 Å². The van der Waals surface area contributed by atoms with Crippen molar-refractivity contribution in [3.05, 3.63) is 47.3 Å². The molecule has 19 heavy (non-hydrogen) atoms. The summed E-state index contributed by atoms with van der Waals surface area (Å²) in [5.41, 5.74) is 4.94. The van der Waals surface area contributed by atoms with Crippen molar-refractivity contribution < 1.29 is 5.11 Å². The van der Waals surface area contributed by atoms with E-state index >= 15 is 0 Å². The summed E-state index contributed by atoms with van der Waals surface area (Å²) in [5, 5.41) is 9.58. The summed E-state index contributed by atoms with van der Waals surface area (Å²) in [6.45, 7) is 6.11. The second-order valence-electron chi connectivity index (χ2n) is 4.73. The highest BCUT2D eigenvalue weighted by atomic mass is 16.3. The van der Waals surface area contributed by atoms with Crippen LogP contribution in [0.1, 0.15) is 17.0 Å². The van der Waals surface area contributed by atoms with Crippen LogP contribution in [0.15, 0.2) is 30.3 Å². The van der Waals surface area contributed by atoms with Gasteiger partial charge in [0.15, 0.2) is 5.65 Å². The highest BCUT2D eigenvalue weighted by molar-refractivity contribution is 5.75. The number of aryl methyl sites for hydroxylation is 2. The summed E-state index contributed by atoms with van der Waals surface area (Å²) < 4.78 is 1.98. The SMILES string of the molecule is Cc1cccc(-n2c(C)nc3ccc(O)nc32)c1C. The molecule has 2 heterocycles. The molecule has 4 heteroatoms. The Hall–Kier alpha value is -2.36. The molecule has 0 unspecified atom stereocenters. The first-order chi connectivity index (χ1) is 9.08. The van der Waals surface area contributed by atoms with Crippen molar-refractivity contribution in [2.24, 2.45) is 0 Å². The quantitative estimate of drug-likeness (QED) is 0.725. The molecule has 0 amide bonds. The smallest absolute Gasteiger partial charge is 0.212 e. The minimum absolute atomic E-state index is 0.0129. The fourth-order valence-electron chi connectivity index (χ4n) is 2.33. The van der Waals surface area contributed by atoms with Gasteiger partial charge < -0.3 is 5.11 Å². The lowest BCUT2D eigenvalue weighted by Crippen LogP contribution is -2.01. The highest BCUT2D eigenvalue weighted by Gasteiger charge is 2.13. The Morgan fingerprint density at radius 2 is 1.79 bits per heavy atom. The molecule has 0 atom stereocenters. The van der Waals surface area contributed by atoms with Gasteiger partial charge in [-0.2, -0.15) is 4.98 Å². The van der Waals surface area contributed by atoms with Gasteiger partial charge in [0.05, 0.1) is 5.69 Å². The van der Waals surface area contributed by atoms with E-state index < -0.39 is 0 Å². The summed E-state index contributed by atoms with van der Waals surface area (Å²) in [6.07, 6.45) is 0. The number of nitrogens with zero attached hydrogens (tertiary/aromatic N) is 3. The van der Waals surface area contributed by atoms with Crippen molar-refractivity contribution in [1.82, 2.24) is 14.5 Å². The van der Waals surface area contributed by atoms with E-state index in [4.69, 9.17) is 0 Å². The summed E-state index contributed by atoms with van der Waals surface area (Å²) in [6, 6.07) is 9.49. The van der Waals surface area contributed by atoms with E-state index in [2.05, 4.69) is 29.9 Å². The van der Waals surface area contributed by atoms with Gasteiger partial charge in [0, 0.05) is 6.07 Å². The van der Waals surface area contributed by atoms with Crippen molar-refractivity contribution in [2.45, 2.75) is 20.8 Å². The molecule has 0 saturated carbocycles. The summed E-state index contributed by atoms with van der Waals surface area (Å²) in [5.74, 6) is 0.876. The molecule has 0 fully saturated rings. The van der Waals surface area contributed by atoms with Gasteiger partial charge >= 0.3 is 0 Å². The summed E-state index contributed by atoms with van der Waals surface area (Å²) in [7, 11) is 0. The maximum absolute atomic E-state index is 9.58. The predicted octanol–water partition coefficient (Wildman–Crippen LogP) is 3.05. The lowest BCUT2D eigenvalue weighted by Gasteiger charge is -2.11. The first-order valence-electron chi connectivity index (χ1n) is 6.19. The van der Waals surface area contributed by atoms with Crippen molar-refractivity contribution in [2.75, 3.05) is 0 Å². The number of aromatic nitrogens is 3. The third-order valence-corrected chi connectivity index (χ3v) is 3.47. The predicted molar refractivity (Wildman–Crippen MR) is 74.7 cm³/mol. The molecule has 0 spiro atoms. The minimum atomic E-state index is 0.0129. The molecule has 1 N–H and O–H groups in total. The standard InChI is InChI=1S/C15H15N3O/c1-9-5-4-6-13(10(9)2)18-11(3)16-12-7-8-14(19)17-15(12)18/h4-8H,1-3H3,(H,17,19). The Balaban J connectivity index is 2.39. The van der Waals surface area contributed by atoms with Crippen LogP contribution in [0.2, 0.25) is 0 Å². The molecule has 0 saturated heterocycles. The number of hydrogen-bond acceptors (Lipinski definition) is 3. The molecule has 4 nitrogen and oxygen atoms in total. The van der Waals surface area contributed by atoms with Gasteiger partial charge in [-0.1, -0.05) is 12.1 Å². The van der Waals surface area contributed by atoms with Gasteiger partial charge in [0.2, 0.25) is 5.88 Å². The number of aromatic hydroxyl groups is 1. The largest absolute Gasteiger partial charge is 0.493 e. The Morgan fingerprint density at radius 3 is 2.58 bits per heavy atom. The zero-order chi connectivity index (χ0) is 13.6. The Kier molecular flexibility index (Phi) is 2.52. The van der Waals surface area contributed by atoms with Crippen LogP contribution in [0, 0.1) is 20.8 Å². The number of fused-ring (bicyclic) bond motifs is 1.